The first-order chi connectivity index (χ1) is 9.58. The molecule has 3 atom stereocenters. The van der Waals surface area contributed by atoms with Crippen LogP contribution in [0.2, 0.25) is 0 Å². The predicted molar refractivity (Wildman–Crippen MR) is 81.8 cm³/mol. The van der Waals surface area contributed by atoms with Crippen molar-refractivity contribution < 1.29 is 24.2 Å². The normalized spacial score (nSPS) is 26.0. The fourth-order valence-electron chi connectivity index (χ4n) is 2.31. The van der Waals surface area contributed by atoms with Crippen LogP contribution in [0.25, 0.3) is 0 Å². The van der Waals surface area contributed by atoms with E-state index in [4.69, 9.17) is 9.47 Å². The fraction of sp³-hybridized carbons (Fsp3) is 0.733. The van der Waals surface area contributed by atoms with Crippen LogP contribution < -0.4 is 0 Å². The smallest absolute Gasteiger partial charge is 0.333 e. The second-order valence-corrected chi connectivity index (χ2v) is 7.92. The molecule has 6 heteroatoms. The minimum absolute atomic E-state index is 0.0436. The van der Waals surface area contributed by atoms with Gasteiger partial charge in [-0.25, -0.2) is 4.79 Å². The van der Waals surface area contributed by atoms with Crippen LogP contribution in [0.3, 0.4) is 0 Å². The molecule has 0 spiro atoms. The SMILES string of the molecule is C=C(C)C(=O)OC1CCC(CC(=O)OC(C)(C)Br)CC1O. The molecule has 0 aliphatic heterocycles. The van der Waals surface area contributed by atoms with Crippen LogP contribution >= 0.6 is 15.9 Å². The number of hydrogen-bond acceptors (Lipinski definition) is 5. The molecule has 21 heavy (non-hydrogen) atoms. The van der Waals surface area contributed by atoms with Gasteiger partial charge in [0.05, 0.1) is 6.10 Å². The van der Waals surface area contributed by atoms with Crippen molar-refractivity contribution in [2.45, 2.75) is 63.2 Å². The van der Waals surface area contributed by atoms with Crippen LogP contribution in [0.4, 0.5) is 0 Å². The number of hydrogen-bond donors (Lipinski definition) is 1. The van der Waals surface area contributed by atoms with Gasteiger partial charge in [-0.2, -0.15) is 0 Å². The average Bonchev–Trinajstić information content (AvgIpc) is 2.29. The zero-order chi connectivity index (χ0) is 16.2. The molecule has 0 aromatic rings. The molecule has 0 aromatic carbocycles. The highest BCUT2D eigenvalue weighted by molar-refractivity contribution is 9.10. The second kappa shape index (κ2) is 7.40. The van der Waals surface area contributed by atoms with Crippen LogP contribution in [-0.4, -0.2) is 33.8 Å². The summed E-state index contributed by atoms with van der Waals surface area (Å²) in [5.74, 6) is -0.744. The highest BCUT2D eigenvalue weighted by Crippen LogP contribution is 2.30. The van der Waals surface area contributed by atoms with Crippen molar-refractivity contribution in [1.29, 1.82) is 0 Å². The summed E-state index contributed by atoms with van der Waals surface area (Å²) in [6, 6.07) is 0. The number of halogens is 1. The minimum Gasteiger partial charge on any atom is -0.456 e. The van der Waals surface area contributed by atoms with E-state index in [1.807, 2.05) is 0 Å². The molecule has 1 fully saturated rings. The maximum absolute atomic E-state index is 11.8. The lowest BCUT2D eigenvalue weighted by molar-refractivity contribution is -0.157. The Kier molecular flexibility index (Phi) is 6.41. The molecule has 1 rings (SSSR count). The molecule has 1 saturated carbocycles. The molecular weight excluding hydrogens is 340 g/mol. The first kappa shape index (κ1) is 18.2. The highest BCUT2D eigenvalue weighted by atomic mass is 79.9. The fourth-order valence-corrected chi connectivity index (χ4v) is 2.49. The van der Waals surface area contributed by atoms with E-state index >= 15 is 0 Å². The van der Waals surface area contributed by atoms with Gasteiger partial charge in [0.1, 0.15) is 6.10 Å². The Morgan fingerprint density at radius 2 is 2.00 bits per heavy atom. The van der Waals surface area contributed by atoms with E-state index in [1.165, 1.54) is 0 Å². The summed E-state index contributed by atoms with van der Waals surface area (Å²) in [6.07, 6.45) is 0.656. The number of carbonyl (C=O) groups is 2. The lowest BCUT2D eigenvalue weighted by Gasteiger charge is -2.32. The molecule has 0 saturated heterocycles. The van der Waals surface area contributed by atoms with E-state index < -0.39 is 22.7 Å². The summed E-state index contributed by atoms with van der Waals surface area (Å²) in [6.45, 7) is 8.57. The van der Waals surface area contributed by atoms with Crippen molar-refractivity contribution in [1.82, 2.24) is 0 Å². The number of aliphatic hydroxyl groups is 1. The summed E-state index contributed by atoms with van der Waals surface area (Å²) >= 11 is 3.25. The summed E-state index contributed by atoms with van der Waals surface area (Å²) in [4.78, 5) is 23.2. The van der Waals surface area contributed by atoms with Gasteiger partial charge in [0, 0.05) is 12.0 Å². The highest BCUT2D eigenvalue weighted by Gasteiger charge is 2.33. The number of esters is 2. The van der Waals surface area contributed by atoms with Gasteiger partial charge in [0.25, 0.3) is 0 Å². The van der Waals surface area contributed by atoms with E-state index in [2.05, 4.69) is 22.5 Å². The predicted octanol–water partition coefficient (Wildman–Crippen LogP) is 2.70. The molecule has 0 heterocycles. The maximum atomic E-state index is 11.8. The van der Waals surface area contributed by atoms with Gasteiger partial charge < -0.3 is 14.6 Å². The molecule has 3 unspecified atom stereocenters. The number of ether oxygens (including phenoxy) is 2. The van der Waals surface area contributed by atoms with Crippen molar-refractivity contribution in [3.8, 4) is 0 Å². The summed E-state index contributed by atoms with van der Waals surface area (Å²) < 4.78 is 9.70. The monoisotopic (exact) mass is 362 g/mol. The van der Waals surface area contributed by atoms with Crippen molar-refractivity contribution in [2.24, 2.45) is 5.92 Å². The van der Waals surface area contributed by atoms with Gasteiger partial charge in [0.2, 0.25) is 0 Å². The van der Waals surface area contributed by atoms with Crippen LogP contribution in [0.1, 0.15) is 46.5 Å². The van der Waals surface area contributed by atoms with E-state index in [1.54, 1.807) is 20.8 Å². The number of carbonyl (C=O) groups excluding carboxylic acids is 2. The Balaban J connectivity index is 2.44. The third-order valence-electron chi connectivity index (χ3n) is 3.28. The summed E-state index contributed by atoms with van der Waals surface area (Å²) in [5, 5.41) is 10.0. The van der Waals surface area contributed by atoms with Gasteiger partial charge in [-0.3, -0.25) is 4.79 Å². The number of alkyl halides is 1. The quantitative estimate of drug-likeness (QED) is 0.462. The van der Waals surface area contributed by atoms with Crippen molar-refractivity contribution in [3.05, 3.63) is 12.2 Å². The topological polar surface area (TPSA) is 72.8 Å². The van der Waals surface area contributed by atoms with Crippen LogP contribution in [0.15, 0.2) is 12.2 Å². The second-order valence-electron chi connectivity index (χ2n) is 6.01. The average molecular weight is 363 g/mol. The molecule has 0 radical (unpaired) electrons. The Labute approximate surface area is 133 Å². The number of aliphatic hydroxyl groups excluding tert-OH is 1. The van der Waals surface area contributed by atoms with E-state index in [9.17, 15) is 14.7 Å². The van der Waals surface area contributed by atoms with Crippen LogP contribution in [0, 0.1) is 5.92 Å². The number of rotatable bonds is 5. The van der Waals surface area contributed by atoms with Crippen molar-refractivity contribution in [3.63, 3.8) is 0 Å². The molecule has 1 aliphatic rings. The standard InChI is InChI=1S/C15H23BrO5/c1-9(2)14(19)20-12-6-5-10(7-11(12)17)8-13(18)21-15(3,4)16/h10-12,17H,1,5-8H2,2-4H3. The summed E-state index contributed by atoms with van der Waals surface area (Å²) in [7, 11) is 0. The molecule has 5 nitrogen and oxygen atoms in total. The van der Waals surface area contributed by atoms with Crippen LogP contribution in [0.5, 0.6) is 0 Å². The maximum Gasteiger partial charge on any atom is 0.333 e. The molecule has 0 aromatic heterocycles. The molecular formula is C15H23BrO5. The minimum atomic E-state index is -0.753. The molecule has 0 amide bonds. The lowest BCUT2D eigenvalue weighted by atomic mass is 9.83. The van der Waals surface area contributed by atoms with E-state index in [-0.39, 0.29) is 18.3 Å². The first-order valence-corrected chi connectivity index (χ1v) is 7.83. The largest absolute Gasteiger partial charge is 0.456 e. The van der Waals surface area contributed by atoms with Crippen LogP contribution in [-0.2, 0) is 19.1 Å². The van der Waals surface area contributed by atoms with Gasteiger partial charge in [-0.1, -0.05) is 6.58 Å². The van der Waals surface area contributed by atoms with Gasteiger partial charge in [0.15, 0.2) is 4.51 Å². The zero-order valence-electron chi connectivity index (χ0n) is 12.7. The van der Waals surface area contributed by atoms with E-state index in [0.717, 1.165) is 0 Å². The van der Waals surface area contributed by atoms with Gasteiger partial charge in [-0.15, -0.1) is 0 Å². The molecule has 1 N–H and O–H groups in total. The Bertz CT molecular complexity index is 413. The molecule has 0 bridgehead atoms. The van der Waals surface area contributed by atoms with E-state index in [0.29, 0.717) is 24.8 Å². The lowest BCUT2D eigenvalue weighted by Crippen LogP contribution is -2.38. The van der Waals surface area contributed by atoms with Crippen molar-refractivity contribution >= 4 is 27.9 Å². The Morgan fingerprint density at radius 3 is 2.48 bits per heavy atom. The van der Waals surface area contributed by atoms with Gasteiger partial charge >= 0.3 is 11.9 Å². The third kappa shape index (κ3) is 6.61. The van der Waals surface area contributed by atoms with Crippen molar-refractivity contribution in [2.75, 3.05) is 0 Å². The zero-order valence-corrected chi connectivity index (χ0v) is 14.3. The first-order valence-electron chi connectivity index (χ1n) is 7.04. The van der Waals surface area contributed by atoms with Gasteiger partial charge in [-0.05, 0) is 61.9 Å². The molecule has 1 aliphatic carbocycles. The Morgan fingerprint density at radius 1 is 1.38 bits per heavy atom. The molecule has 120 valence electrons. The third-order valence-corrected chi connectivity index (χ3v) is 3.44. The summed E-state index contributed by atoms with van der Waals surface area (Å²) in [5.41, 5.74) is 0.312. The Hall–Kier alpha value is -0.880.